The fraction of sp³-hybridized carbons (Fsp3) is 0.438. The molecule has 2 rings (SSSR count). The molecule has 0 aliphatic rings. The van der Waals surface area contributed by atoms with Crippen molar-refractivity contribution in [1.82, 2.24) is 14.9 Å². The van der Waals surface area contributed by atoms with Crippen LogP contribution in [0.15, 0.2) is 36.8 Å². The Kier molecular flexibility index (Phi) is 4.05. The van der Waals surface area contributed by atoms with E-state index in [4.69, 9.17) is 0 Å². The Bertz CT molecular complexity index is 535. The summed E-state index contributed by atoms with van der Waals surface area (Å²) in [5.41, 5.74) is 3.83. The molecule has 1 heterocycles. The maximum atomic E-state index is 4.28. The van der Waals surface area contributed by atoms with E-state index in [2.05, 4.69) is 66.8 Å². The SMILES string of the molecule is CCc1cccc(-n2cncc2CNC(C)(C)C)c1. The van der Waals surface area contributed by atoms with Crippen LogP contribution in [0.5, 0.6) is 0 Å². The maximum Gasteiger partial charge on any atom is 0.0994 e. The Morgan fingerprint density at radius 2 is 2.05 bits per heavy atom. The second kappa shape index (κ2) is 5.57. The Morgan fingerprint density at radius 1 is 1.26 bits per heavy atom. The highest BCUT2D eigenvalue weighted by molar-refractivity contribution is 5.37. The second-order valence-electron chi connectivity index (χ2n) is 5.88. The Labute approximate surface area is 115 Å². The van der Waals surface area contributed by atoms with Crippen molar-refractivity contribution in [3.05, 3.63) is 48.0 Å². The normalized spacial score (nSPS) is 11.8. The molecule has 0 amide bonds. The maximum absolute atomic E-state index is 4.28. The summed E-state index contributed by atoms with van der Waals surface area (Å²) >= 11 is 0. The van der Waals surface area contributed by atoms with Crippen LogP contribution in [0.3, 0.4) is 0 Å². The van der Waals surface area contributed by atoms with Crippen molar-refractivity contribution in [1.29, 1.82) is 0 Å². The van der Waals surface area contributed by atoms with E-state index < -0.39 is 0 Å². The summed E-state index contributed by atoms with van der Waals surface area (Å²) in [6, 6.07) is 8.62. The predicted octanol–water partition coefficient (Wildman–Crippen LogP) is 3.32. The Hall–Kier alpha value is -1.61. The molecule has 1 aromatic carbocycles. The lowest BCUT2D eigenvalue weighted by molar-refractivity contribution is 0.419. The number of rotatable bonds is 4. The van der Waals surface area contributed by atoms with Crippen molar-refractivity contribution in [2.24, 2.45) is 0 Å². The van der Waals surface area contributed by atoms with Crippen molar-refractivity contribution in [2.75, 3.05) is 0 Å². The topological polar surface area (TPSA) is 29.9 Å². The van der Waals surface area contributed by atoms with E-state index in [1.807, 2.05) is 12.5 Å². The molecule has 0 saturated carbocycles. The zero-order chi connectivity index (χ0) is 13.9. The third-order valence-corrected chi connectivity index (χ3v) is 3.11. The summed E-state index contributed by atoms with van der Waals surface area (Å²) in [6.45, 7) is 9.51. The van der Waals surface area contributed by atoms with Gasteiger partial charge in [-0.15, -0.1) is 0 Å². The molecule has 0 unspecified atom stereocenters. The monoisotopic (exact) mass is 257 g/mol. The van der Waals surface area contributed by atoms with Crippen LogP contribution < -0.4 is 5.32 Å². The van der Waals surface area contributed by atoms with Crippen molar-refractivity contribution in [2.45, 2.75) is 46.2 Å². The lowest BCUT2D eigenvalue weighted by Crippen LogP contribution is -2.35. The standard InChI is InChI=1S/C16H23N3/c1-5-13-7-6-8-14(9-13)19-12-17-10-15(19)11-18-16(2,3)4/h6-10,12,18H,5,11H2,1-4H3. The summed E-state index contributed by atoms with van der Waals surface area (Å²) < 4.78 is 2.15. The van der Waals surface area contributed by atoms with Crippen LogP contribution in [0.25, 0.3) is 5.69 Å². The smallest absolute Gasteiger partial charge is 0.0994 e. The molecule has 0 aliphatic heterocycles. The molecule has 1 aromatic heterocycles. The van der Waals surface area contributed by atoms with Crippen molar-refractivity contribution < 1.29 is 0 Å². The minimum atomic E-state index is 0.111. The highest BCUT2D eigenvalue weighted by Crippen LogP contribution is 2.14. The van der Waals surface area contributed by atoms with Gasteiger partial charge in [-0.1, -0.05) is 19.1 Å². The fourth-order valence-electron chi connectivity index (χ4n) is 1.97. The average Bonchev–Trinajstić information content (AvgIpc) is 2.84. The molecule has 3 heteroatoms. The van der Waals surface area contributed by atoms with Crippen molar-refractivity contribution in [3.63, 3.8) is 0 Å². The minimum absolute atomic E-state index is 0.111. The number of hydrogen-bond donors (Lipinski definition) is 1. The number of benzene rings is 1. The fourth-order valence-corrected chi connectivity index (χ4v) is 1.97. The molecular weight excluding hydrogens is 234 g/mol. The van der Waals surface area contributed by atoms with Crippen LogP contribution in [0.1, 0.15) is 39.0 Å². The Morgan fingerprint density at radius 3 is 2.74 bits per heavy atom. The molecule has 0 bridgehead atoms. The molecule has 0 saturated heterocycles. The number of aryl methyl sites for hydroxylation is 1. The second-order valence-corrected chi connectivity index (χ2v) is 5.88. The molecular formula is C16H23N3. The van der Waals surface area contributed by atoms with Crippen LogP contribution in [-0.4, -0.2) is 15.1 Å². The van der Waals surface area contributed by atoms with E-state index in [0.29, 0.717) is 0 Å². The molecule has 102 valence electrons. The lowest BCUT2D eigenvalue weighted by atomic mass is 10.1. The molecule has 1 N–H and O–H groups in total. The van der Waals surface area contributed by atoms with Crippen LogP contribution in [0, 0.1) is 0 Å². The largest absolute Gasteiger partial charge is 0.306 e. The van der Waals surface area contributed by atoms with Gasteiger partial charge in [-0.05, 0) is 44.9 Å². The van der Waals surface area contributed by atoms with Gasteiger partial charge in [0.1, 0.15) is 0 Å². The number of hydrogen-bond acceptors (Lipinski definition) is 2. The van der Waals surface area contributed by atoms with E-state index in [0.717, 1.165) is 13.0 Å². The number of imidazole rings is 1. The molecule has 3 nitrogen and oxygen atoms in total. The van der Waals surface area contributed by atoms with E-state index in [1.54, 1.807) is 0 Å². The van der Waals surface area contributed by atoms with Crippen LogP contribution >= 0.6 is 0 Å². The first-order chi connectivity index (χ1) is 8.99. The first-order valence-corrected chi connectivity index (χ1v) is 6.85. The third-order valence-electron chi connectivity index (χ3n) is 3.11. The van der Waals surface area contributed by atoms with Gasteiger partial charge >= 0.3 is 0 Å². The van der Waals surface area contributed by atoms with Gasteiger partial charge < -0.3 is 9.88 Å². The quantitative estimate of drug-likeness (QED) is 0.910. The summed E-state index contributed by atoms with van der Waals surface area (Å²) in [4.78, 5) is 4.28. The predicted molar refractivity (Wildman–Crippen MR) is 79.5 cm³/mol. The molecule has 0 fully saturated rings. The zero-order valence-electron chi connectivity index (χ0n) is 12.3. The van der Waals surface area contributed by atoms with E-state index in [1.165, 1.54) is 16.9 Å². The average molecular weight is 257 g/mol. The molecule has 0 atom stereocenters. The molecule has 2 aromatic rings. The number of nitrogens with zero attached hydrogens (tertiary/aromatic N) is 2. The summed E-state index contributed by atoms with van der Waals surface area (Å²) in [6.07, 6.45) is 4.86. The van der Waals surface area contributed by atoms with Gasteiger partial charge in [0.25, 0.3) is 0 Å². The van der Waals surface area contributed by atoms with Gasteiger partial charge in [-0.2, -0.15) is 0 Å². The first-order valence-electron chi connectivity index (χ1n) is 6.85. The minimum Gasteiger partial charge on any atom is -0.306 e. The van der Waals surface area contributed by atoms with Crippen LogP contribution in [-0.2, 0) is 13.0 Å². The highest BCUT2D eigenvalue weighted by Gasteiger charge is 2.11. The molecule has 0 aliphatic carbocycles. The zero-order valence-corrected chi connectivity index (χ0v) is 12.3. The Balaban J connectivity index is 2.23. The van der Waals surface area contributed by atoms with Gasteiger partial charge in [0.15, 0.2) is 0 Å². The lowest BCUT2D eigenvalue weighted by Gasteiger charge is -2.21. The van der Waals surface area contributed by atoms with E-state index in [9.17, 15) is 0 Å². The van der Waals surface area contributed by atoms with Gasteiger partial charge in [0.2, 0.25) is 0 Å². The summed E-state index contributed by atoms with van der Waals surface area (Å²) in [5.74, 6) is 0. The molecule has 19 heavy (non-hydrogen) atoms. The number of aromatic nitrogens is 2. The van der Waals surface area contributed by atoms with Gasteiger partial charge in [-0.3, -0.25) is 0 Å². The summed E-state index contributed by atoms with van der Waals surface area (Å²) in [5, 5.41) is 3.50. The number of nitrogens with one attached hydrogen (secondary N) is 1. The van der Waals surface area contributed by atoms with Gasteiger partial charge in [-0.25, -0.2) is 4.98 Å². The van der Waals surface area contributed by atoms with Crippen LogP contribution in [0.4, 0.5) is 0 Å². The van der Waals surface area contributed by atoms with E-state index in [-0.39, 0.29) is 5.54 Å². The van der Waals surface area contributed by atoms with Crippen LogP contribution in [0.2, 0.25) is 0 Å². The third kappa shape index (κ3) is 3.67. The first kappa shape index (κ1) is 13.8. The molecule has 0 radical (unpaired) electrons. The van der Waals surface area contributed by atoms with Crippen molar-refractivity contribution >= 4 is 0 Å². The van der Waals surface area contributed by atoms with Gasteiger partial charge in [0, 0.05) is 24.0 Å². The van der Waals surface area contributed by atoms with Gasteiger partial charge in [0.05, 0.1) is 12.0 Å². The van der Waals surface area contributed by atoms with E-state index >= 15 is 0 Å². The summed E-state index contributed by atoms with van der Waals surface area (Å²) in [7, 11) is 0. The molecule has 0 spiro atoms. The highest BCUT2D eigenvalue weighted by atomic mass is 15.1. The van der Waals surface area contributed by atoms with Crippen molar-refractivity contribution in [3.8, 4) is 5.69 Å².